The first kappa shape index (κ1) is 24.2. The number of amides is 1. The molecule has 1 fully saturated rings. The van der Waals surface area contributed by atoms with E-state index in [0.29, 0.717) is 19.4 Å². The van der Waals surface area contributed by atoms with Crippen LogP contribution in [0.25, 0.3) is 10.8 Å². The van der Waals surface area contributed by atoms with Crippen LogP contribution >= 0.6 is 0 Å². The van der Waals surface area contributed by atoms with Crippen molar-refractivity contribution in [2.24, 2.45) is 5.92 Å². The van der Waals surface area contributed by atoms with E-state index in [9.17, 15) is 18.0 Å². The van der Waals surface area contributed by atoms with Crippen LogP contribution in [0.3, 0.4) is 0 Å². The zero-order valence-electron chi connectivity index (χ0n) is 18.5. The summed E-state index contributed by atoms with van der Waals surface area (Å²) in [6.45, 7) is 2.92. The minimum absolute atomic E-state index is 0.133. The Balaban J connectivity index is 1.66. The first-order chi connectivity index (χ1) is 15.4. The molecule has 8 nitrogen and oxygen atoms in total. The van der Waals surface area contributed by atoms with Crippen LogP contribution in [0.15, 0.2) is 47.4 Å². The van der Waals surface area contributed by atoms with Gasteiger partial charge in [-0.3, -0.25) is 9.59 Å². The number of sulfonamides is 1. The molecule has 2 aromatic rings. The SMILES string of the molecule is CCOC(=O)CN(CCOC)C(=O)C1CCN(S(=O)(=O)c2ccc3ccccc3c2)CC1. The number of benzene rings is 2. The Kier molecular flexibility index (Phi) is 8.22. The molecule has 0 aliphatic carbocycles. The fourth-order valence-corrected chi connectivity index (χ4v) is 5.41. The maximum atomic E-state index is 13.2. The van der Waals surface area contributed by atoms with E-state index < -0.39 is 16.0 Å². The summed E-state index contributed by atoms with van der Waals surface area (Å²) in [5.41, 5.74) is 0. The fourth-order valence-electron chi connectivity index (χ4n) is 3.91. The second-order valence-electron chi connectivity index (χ2n) is 7.74. The Hall–Kier alpha value is -2.49. The average Bonchev–Trinajstić information content (AvgIpc) is 2.81. The van der Waals surface area contributed by atoms with Gasteiger partial charge in [0, 0.05) is 32.7 Å². The molecule has 0 unspecified atom stereocenters. The highest BCUT2D eigenvalue weighted by atomic mass is 32.2. The molecule has 0 radical (unpaired) electrons. The third kappa shape index (κ3) is 5.65. The van der Waals surface area contributed by atoms with Crippen LogP contribution in [-0.2, 0) is 29.1 Å². The Morgan fingerprint density at radius 3 is 2.44 bits per heavy atom. The molecule has 0 aromatic heterocycles. The van der Waals surface area contributed by atoms with Gasteiger partial charge in [-0.05, 0) is 42.7 Å². The van der Waals surface area contributed by atoms with E-state index in [2.05, 4.69) is 0 Å². The largest absolute Gasteiger partial charge is 0.465 e. The predicted octanol–water partition coefficient (Wildman–Crippen LogP) is 2.28. The number of piperidine rings is 1. The van der Waals surface area contributed by atoms with Gasteiger partial charge in [-0.25, -0.2) is 8.42 Å². The van der Waals surface area contributed by atoms with Crippen molar-refractivity contribution in [2.45, 2.75) is 24.7 Å². The molecule has 0 atom stereocenters. The molecule has 2 aromatic carbocycles. The van der Waals surface area contributed by atoms with Crippen molar-refractivity contribution in [1.29, 1.82) is 0 Å². The first-order valence-electron chi connectivity index (χ1n) is 10.8. The number of rotatable bonds is 9. The van der Waals surface area contributed by atoms with Gasteiger partial charge in [0.2, 0.25) is 15.9 Å². The lowest BCUT2D eigenvalue weighted by Crippen LogP contribution is -2.46. The van der Waals surface area contributed by atoms with Gasteiger partial charge in [-0.1, -0.05) is 30.3 Å². The number of methoxy groups -OCH3 is 1. The molecule has 1 aliphatic heterocycles. The van der Waals surface area contributed by atoms with Gasteiger partial charge >= 0.3 is 5.97 Å². The minimum Gasteiger partial charge on any atom is -0.465 e. The van der Waals surface area contributed by atoms with Crippen LogP contribution in [0.2, 0.25) is 0 Å². The first-order valence-corrected chi connectivity index (χ1v) is 12.2. The number of esters is 1. The van der Waals surface area contributed by atoms with Crippen molar-refractivity contribution in [1.82, 2.24) is 9.21 Å². The number of hydrogen-bond acceptors (Lipinski definition) is 6. The zero-order valence-corrected chi connectivity index (χ0v) is 19.3. The lowest BCUT2D eigenvalue weighted by molar-refractivity contribution is -0.151. The molecular formula is C23H30N2O6S. The smallest absolute Gasteiger partial charge is 0.325 e. The van der Waals surface area contributed by atoms with Gasteiger partial charge in [0.05, 0.1) is 18.1 Å². The van der Waals surface area contributed by atoms with E-state index in [-0.39, 0.29) is 49.5 Å². The standard InChI is InChI=1S/C23H30N2O6S/c1-3-31-22(26)17-24(14-15-30-2)23(27)19-10-12-25(13-11-19)32(28,29)21-9-8-18-6-4-5-7-20(18)16-21/h4-9,16,19H,3,10-15,17H2,1-2H3. The second kappa shape index (κ2) is 10.9. The summed E-state index contributed by atoms with van der Waals surface area (Å²) in [7, 11) is -2.12. The number of nitrogens with zero attached hydrogens (tertiary/aromatic N) is 2. The molecule has 1 aliphatic rings. The van der Waals surface area contributed by atoms with Crippen molar-refractivity contribution in [3.05, 3.63) is 42.5 Å². The summed E-state index contributed by atoms with van der Waals surface area (Å²) in [5.74, 6) is -0.976. The molecule has 0 N–H and O–H groups in total. The molecule has 0 bridgehead atoms. The normalized spacial score (nSPS) is 15.6. The molecule has 1 saturated heterocycles. The lowest BCUT2D eigenvalue weighted by atomic mass is 9.96. The van der Waals surface area contributed by atoms with Gasteiger partial charge in [0.15, 0.2) is 0 Å². The Bertz CT molecular complexity index is 1050. The van der Waals surface area contributed by atoms with Crippen molar-refractivity contribution in [3.63, 3.8) is 0 Å². The molecule has 32 heavy (non-hydrogen) atoms. The summed E-state index contributed by atoms with van der Waals surface area (Å²) < 4.78 is 37.8. The van der Waals surface area contributed by atoms with Crippen LogP contribution in [-0.4, -0.2) is 76.0 Å². The Labute approximate surface area is 189 Å². The molecule has 0 saturated carbocycles. The molecular weight excluding hydrogens is 432 g/mol. The topological polar surface area (TPSA) is 93.2 Å². The third-order valence-electron chi connectivity index (χ3n) is 5.66. The molecule has 0 spiro atoms. The summed E-state index contributed by atoms with van der Waals surface area (Å²) in [4.78, 5) is 26.6. The van der Waals surface area contributed by atoms with Crippen LogP contribution in [0, 0.1) is 5.92 Å². The van der Waals surface area contributed by atoms with Crippen LogP contribution in [0.4, 0.5) is 0 Å². The van der Waals surface area contributed by atoms with Gasteiger partial charge in [-0.15, -0.1) is 0 Å². The van der Waals surface area contributed by atoms with Crippen molar-refractivity contribution >= 4 is 32.7 Å². The van der Waals surface area contributed by atoms with Crippen LogP contribution in [0.5, 0.6) is 0 Å². The Morgan fingerprint density at radius 1 is 1.09 bits per heavy atom. The maximum absolute atomic E-state index is 13.2. The highest BCUT2D eigenvalue weighted by molar-refractivity contribution is 7.89. The van der Waals surface area contributed by atoms with E-state index >= 15 is 0 Å². The molecule has 1 heterocycles. The summed E-state index contributed by atoms with van der Waals surface area (Å²) in [6.07, 6.45) is 0.801. The Morgan fingerprint density at radius 2 is 1.78 bits per heavy atom. The summed E-state index contributed by atoms with van der Waals surface area (Å²) >= 11 is 0. The van der Waals surface area contributed by atoms with Crippen molar-refractivity contribution in [3.8, 4) is 0 Å². The van der Waals surface area contributed by atoms with Crippen molar-refractivity contribution < 1.29 is 27.5 Å². The number of carbonyl (C=O) groups excluding carboxylic acids is 2. The third-order valence-corrected chi connectivity index (χ3v) is 7.56. The van der Waals surface area contributed by atoms with E-state index in [0.717, 1.165) is 10.8 Å². The van der Waals surface area contributed by atoms with Gasteiger partial charge in [0.25, 0.3) is 0 Å². The molecule has 1 amide bonds. The van der Waals surface area contributed by atoms with Crippen LogP contribution in [0.1, 0.15) is 19.8 Å². The molecule has 174 valence electrons. The fraction of sp³-hybridized carbons (Fsp3) is 0.478. The highest BCUT2D eigenvalue weighted by Crippen LogP contribution is 2.27. The van der Waals surface area contributed by atoms with Crippen LogP contribution < -0.4 is 0 Å². The molecule has 3 rings (SSSR count). The van der Waals surface area contributed by atoms with E-state index in [1.165, 1.54) is 16.3 Å². The monoisotopic (exact) mass is 462 g/mol. The number of fused-ring (bicyclic) bond motifs is 1. The average molecular weight is 463 g/mol. The van der Waals surface area contributed by atoms with E-state index in [4.69, 9.17) is 9.47 Å². The summed E-state index contributed by atoms with van der Waals surface area (Å²) in [5, 5.41) is 1.85. The van der Waals surface area contributed by atoms with E-state index in [1.807, 2.05) is 30.3 Å². The number of hydrogen-bond donors (Lipinski definition) is 0. The van der Waals surface area contributed by atoms with Gasteiger partial charge < -0.3 is 14.4 Å². The molecule has 9 heteroatoms. The minimum atomic E-state index is -3.65. The second-order valence-corrected chi connectivity index (χ2v) is 9.68. The zero-order chi connectivity index (χ0) is 23.1. The van der Waals surface area contributed by atoms with Crippen molar-refractivity contribution in [2.75, 3.05) is 46.5 Å². The number of ether oxygens (including phenoxy) is 2. The predicted molar refractivity (Wildman–Crippen MR) is 121 cm³/mol. The highest BCUT2D eigenvalue weighted by Gasteiger charge is 2.34. The summed E-state index contributed by atoms with van der Waals surface area (Å²) in [6, 6.07) is 12.7. The van der Waals surface area contributed by atoms with Gasteiger partial charge in [0.1, 0.15) is 6.54 Å². The maximum Gasteiger partial charge on any atom is 0.325 e. The lowest BCUT2D eigenvalue weighted by Gasteiger charge is -2.33. The van der Waals surface area contributed by atoms with E-state index in [1.54, 1.807) is 19.1 Å². The number of carbonyl (C=O) groups is 2. The van der Waals surface area contributed by atoms with Gasteiger partial charge in [-0.2, -0.15) is 4.31 Å². The quantitative estimate of drug-likeness (QED) is 0.531.